The van der Waals surface area contributed by atoms with Gasteiger partial charge < -0.3 is 15.5 Å². The molecule has 6 heteroatoms. The number of nitrogens with zero attached hydrogens (tertiary/aromatic N) is 1. The predicted octanol–water partition coefficient (Wildman–Crippen LogP) is 2.09. The Bertz CT molecular complexity index is 658. The van der Waals surface area contributed by atoms with Crippen LogP contribution in [0.1, 0.15) is 46.1 Å². The first-order valence-corrected chi connectivity index (χ1v) is 9.70. The van der Waals surface area contributed by atoms with Crippen LogP contribution in [0.25, 0.3) is 0 Å². The lowest BCUT2D eigenvalue weighted by Gasteiger charge is -2.24. The van der Waals surface area contributed by atoms with Gasteiger partial charge in [-0.3, -0.25) is 14.4 Å². The van der Waals surface area contributed by atoms with E-state index in [2.05, 4.69) is 10.6 Å². The monoisotopic (exact) mass is 373 g/mol. The summed E-state index contributed by atoms with van der Waals surface area (Å²) in [7, 11) is 0. The van der Waals surface area contributed by atoms with Crippen LogP contribution in [0.2, 0.25) is 0 Å². The smallest absolute Gasteiger partial charge is 0.245 e. The number of likely N-dealkylation sites (tertiary alicyclic amines) is 1. The van der Waals surface area contributed by atoms with Crippen molar-refractivity contribution >= 4 is 17.7 Å². The van der Waals surface area contributed by atoms with Crippen LogP contribution in [0, 0.1) is 11.8 Å². The van der Waals surface area contributed by atoms with E-state index in [1.807, 2.05) is 58.0 Å². The van der Waals surface area contributed by atoms with Crippen molar-refractivity contribution in [2.45, 2.75) is 59.2 Å². The Balaban J connectivity index is 1.93. The number of carbonyl (C=O) groups excluding carboxylic acids is 3. The van der Waals surface area contributed by atoms with Gasteiger partial charge in [0.1, 0.15) is 12.1 Å². The molecule has 0 saturated carbocycles. The second-order valence-electron chi connectivity index (χ2n) is 7.98. The molecule has 1 aromatic carbocycles. The molecule has 0 spiro atoms. The first kappa shape index (κ1) is 20.9. The molecule has 2 unspecified atom stereocenters. The number of rotatable bonds is 8. The zero-order valence-electron chi connectivity index (χ0n) is 16.7. The number of carbonyl (C=O) groups is 3. The quantitative estimate of drug-likeness (QED) is 0.732. The van der Waals surface area contributed by atoms with Crippen molar-refractivity contribution in [2.75, 3.05) is 6.54 Å². The van der Waals surface area contributed by atoms with Gasteiger partial charge in [0.2, 0.25) is 17.7 Å². The number of benzene rings is 1. The van der Waals surface area contributed by atoms with Gasteiger partial charge in [-0.05, 0) is 23.8 Å². The van der Waals surface area contributed by atoms with E-state index in [1.165, 1.54) is 0 Å². The number of nitrogens with one attached hydrogen (secondary N) is 2. The molecule has 2 rings (SSSR count). The topological polar surface area (TPSA) is 78.5 Å². The Hall–Kier alpha value is -2.37. The predicted molar refractivity (Wildman–Crippen MR) is 105 cm³/mol. The number of hydrogen-bond acceptors (Lipinski definition) is 3. The van der Waals surface area contributed by atoms with Crippen LogP contribution in [0.4, 0.5) is 0 Å². The molecule has 2 N–H and O–H groups in total. The van der Waals surface area contributed by atoms with Crippen LogP contribution in [0.3, 0.4) is 0 Å². The fourth-order valence-corrected chi connectivity index (χ4v) is 3.23. The summed E-state index contributed by atoms with van der Waals surface area (Å²) in [4.78, 5) is 39.1. The second kappa shape index (κ2) is 9.53. The van der Waals surface area contributed by atoms with Crippen molar-refractivity contribution in [1.82, 2.24) is 15.5 Å². The molecule has 0 bridgehead atoms. The fraction of sp³-hybridized carbons (Fsp3) is 0.571. The van der Waals surface area contributed by atoms with E-state index >= 15 is 0 Å². The van der Waals surface area contributed by atoms with E-state index in [0.29, 0.717) is 25.9 Å². The summed E-state index contributed by atoms with van der Waals surface area (Å²) >= 11 is 0. The van der Waals surface area contributed by atoms with Crippen molar-refractivity contribution in [1.29, 1.82) is 0 Å². The van der Waals surface area contributed by atoms with Crippen LogP contribution in [-0.4, -0.2) is 41.2 Å². The van der Waals surface area contributed by atoms with E-state index in [9.17, 15) is 14.4 Å². The highest BCUT2D eigenvalue weighted by Gasteiger charge is 2.35. The minimum Gasteiger partial charge on any atom is -0.344 e. The molecule has 0 radical (unpaired) electrons. The molecule has 6 nitrogen and oxygen atoms in total. The summed E-state index contributed by atoms with van der Waals surface area (Å²) in [5, 5.41) is 5.65. The van der Waals surface area contributed by atoms with Gasteiger partial charge in [-0.1, -0.05) is 58.0 Å². The van der Waals surface area contributed by atoms with Gasteiger partial charge in [-0.15, -0.1) is 0 Å². The van der Waals surface area contributed by atoms with Crippen molar-refractivity contribution in [3.05, 3.63) is 35.9 Å². The van der Waals surface area contributed by atoms with E-state index in [1.54, 1.807) is 4.90 Å². The molecule has 27 heavy (non-hydrogen) atoms. The first-order chi connectivity index (χ1) is 12.8. The lowest BCUT2D eigenvalue weighted by atomic mass is 10.0. The molecule has 1 heterocycles. The molecule has 0 aliphatic carbocycles. The molecule has 148 valence electrons. The Labute approximate surface area is 161 Å². The normalized spacial score (nSPS) is 18.1. The zero-order chi connectivity index (χ0) is 20.0. The maximum atomic E-state index is 12.7. The highest BCUT2D eigenvalue weighted by molar-refractivity contribution is 5.93. The number of hydrogen-bond donors (Lipinski definition) is 2. The molecule has 2 atom stereocenters. The second-order valence-corrected chi connectivity index (χ2v) is 7.98. The minimum absolute atomic E-state index is 0.0574. The van der Waals surface area contributed by atoms with Gasteiger partial charge in [0, 0.05) is 19.5 Å². The van der Waals surface area contributed by atoms with Crippen LogP contribution >= 0.6 is 0 Å². The van der Waals surface area contributed by atoms with Crippen LogP contribution in [0.15, 0.2) is 30.3 Å². The molecule has 1 fully saturated rings. The van der Waals surface area contributed by atoms with E-state index in [-0.39, 0.29) is 29.6 Å². The van der Waals surface area contributed by atoms with Crippen molar-refractivity contribution < 1.29 is 14.4 Å². The SMILES string of the molecule is CC(C)CC(=O)NC(C(=O)NC1CCN(Cc2ccccc2)C1=O)C(C)C. The van der Waals surface area contributed by atoms with Crippen LogP contribution in [-0.2, 0) is 20.9 Å². The van der Waals surface area contributed by atoms with Crippen molar-refractivity contribution in [3.63, 3.8) is 0 Å². The molecule has 3 amide bonds. The summed E-state index contributed by atoms with van der Waals surface area (Å²) in [5.41, 5.74) is 1.07. The van der Waals surface area contributed by atoms with Gasteiger partial charge in [-0.25, -0.2) is 0 Å². The largest absolute Gasteiger partial charge is 0.344 e. The third-order valence-electron chi connectivity index (χ3n) is 4.69. The van der Waals surface area contributed by atoms with E-state index in [0.717, 1.165) is 5.56 Å². The molecule has 0 aromatic heterocycles. The molecular weight excluding hydrogens is 342 g/mol. The fourth-order valence-electron chi connectivity index (χ4n) is 3.23. The Morgan fingerprint density at radius 2 is 1.81 bits per heavy atom. The Kier molecular flexibility index (Phi) is 7.39. The molecule has 1 saturated heterocycles. The van der Waals surface area contributed by atoms with Gasteiger partial charge in [0.15, 0.2) is 0 Å². The Morgan fingerprint density at radius 1 is 1.15 bits per heavy atom. The first-order valence-electron chi connectivity index (χ1n) is 9.70. The lowest BCUT2D eigenvalue weighted by molar-refractivity contribution is -0.135. The van der Waals surface area contributed by atoms with Gasteiger partial charge in [0.25, 0.3) is 0 Å². The highest BCUT2D eigenvalue weighted by atomic mass is 16.2. The summed E-state index contributed by atoms with van der Waals surface area (Å²) in [6.45, 7) is 8.86. The number of amides is 3. The highest BCUT2D eigenvalue weighted by Crippen LogP contribution is 2.16. The minimum atomic E-state index is -0.632. The van der Waals surface area contributed by atoms with Gasteiger partial charge in [0.05, 0.1) is 0 Å². The average Bonchev–Trinajstić information content (AvgIpc) is 2.93. The average molecular weight is 373 g/mol. The third kappa shape index (κ3) is 6.08. The summed E-state index contributed by atoms with van der Waals surface area (Å²) in [6.07, 6.45) is 0.964. The third-order valence-corrected chi connectivity index (χ3v) is 4.69. The van der Waals surface area contributed by atoms with Crippen molar-refractivity contribution in [3.8, 4) is 0 Å². The van der Waals surface area contributed by atoms with Gasteiger partial charge >= 0.3 is 0 Å². The summed E-state index contributed by atoms with van der Waals surface area (Å²) < 4.78 is 0. The molecule has 1 aliphatic heterocycles. The maximum absolute atomic E-state index is 12.7. The van der Waals surface area contributed by atoms with Gasteiger partial charge in [-0.2, -0.15) is 0 Å². The van der Waals surface area contributed by atoms with Crippen LogP contribution < -0.4 is 10.6 Å². The van der Waals surface area contributed by atoms with E-state index in [4.69, 9.17) is 0 Å². The summed E-state index contributed by atoms with van der Waals surface area (Å²) in [6, 6.07) is 8.65. The lowest BCUT2D eigenvalue weighted by Crippen LogP contribution is -2.53. The summed E-state index contributed by atoms with van der Waals surface area (Å²) in [5.74, 6) is -0.325. The van der Waals surface area contributed by atoms with Crippen LogP contribution in [0.5, 0.6) is 0 Å². The molecular formula is C21H31N3O3. The zero-order valence-corrected chi connectivity index (χ0v) is 16.7. The Morgan fingerprint density at radius 3 is 2.41 bits per heavy atom. The molecule has 1 aromatic rings. The van der Waals surface area contributed by atoms with E-state index < -0.39 is 12.1 Å². The van der Waals surface area contributed by atoms with Crippen molar-refractivity contribution in [2.24, 2.45) is 11.8 Å². The standard InChI is InChI=1S/C21H31N3O3/c1-14(2)12-18(25)23-19(15(3)4)20(26)22-17-10-11-24(21(17)27)13-16-8-6-5-7-9-16/h5-9,14-15,17,19H,10-13H2,1-4H3,(H,22,26)(H,23,25). The maximum Gasteiger partial charge on any atom is 0.245 e. The molecule has 1 aliphatic rings.